The van der Waals surface area contributed by atoms with Crippen LogP contribution in [0.1, 0.15) is 35.2 Å². The first kappa shape index (κ1) is 18.5. The number of nitrogens with zero attached hydrogens (tertiary/aromatic N) is 2. The Hall–Kier alpha value is -2.31. The van der Waals surface area contributed by atoms with Gasteiger partial charge in [0.2, 0.25) is 5.91 Å². The molecule has 4 nitrogen and oxygen atoms in total. The molecule has 2 amide bonds. The molecule has 1 atom stereocenters. The van der Waals surface area contributed by atoms with Gasteiger partial charge in [0.25, 0.3) is 5.91 Å². The molecule has 0 bridgehead atoms. The first-order chi connectivity index (χ1) is 12.3. The zero-order valence-electron chi connectivity index (χ0n) is 14.3. The van der Waals surface area contributed by atoms with Crippen molar-refractivity contribution in [1.29, 1.82) is 0 Å². The van der Waals surface area contributed by atoms with Gasteiger partial charge in [0.15, 0.2) is 0 Å². The van der Waals surface area contributed by atoms with Crippen LogP contribution in [0.4, 0.5) is 13.2 Å². The summed E-state index contributed by atoms with van der Waals surface area (Å²) in [5.74, 6) is -0.0538. The molecule has 0 unspecified atom stereocenters. The van der Waals surface area contributed by atoms with Gasteiger partial charge >= 0.3 is 6.18 Å². The summed E-state index contributed by atoms with van der Waals surface area (Å²) in [6.45, 7) is 1.50. The van der Waals surface area contributed by atoms with Crippen LogP contribution in [0, 0.1) is 5.92 Å². The van der Waals surface area contributed by atoms with Gasteiger partial charge in [0, 0.05) is 38.2 Å². The number of alkyl halides is 3. The zero-order chi connectivity index (χ0) is 18.7. The molecule has 0 N–H and O–H groups in total. The van der Waals surface area contributed by atoms with Crippen molar-refractivity contribution in [2.24, 2.45) is 5.92 Å². The molecule has 0 aromatic heterocycles. The number of carbonyl (C=O) groups is 2. The lowest BCUT2D eigenvalue weighted by Gasteiger charge is -2.35. The summed E-state index contributed by atoms with van der Waals surface area (Å²) in [5.41, 5.74) is -0.808. The molecule has 1 aromatic carbocycles. The first-order valence-electron chi connectivity index (χ1n) is 8.75. The van der Waals surface area contributed by atoms with Crippen LogP contribution in [-0.4, -0.2) is 47.8 Å². The monoisotopic (exact) mass is 366 g/mol. The lowest BCUT2D eigenvalue weighted by Crippen LogP contribution is -2.50. The number of piperazine rings is 1. The number of benzene rings is 1. The van der Waals surface area contributed by atoms with Crippen LogP contribution in [0.15, 0.2) is 36.4 Å². The average Bonchev–Trinajstić information content (AvgIpc) is 3.13. The molecule has 1 saturated heterocycles. The number of amides is 2. The normalized spacial score (nSPS) is 20.5. The van der Waals surface area contributed by atoms with E-state index in [0.717, 1.165) is 25.0 Å². The average molecular weight is 366 g/mol. The van der Waals surface area contributed by atoms with Crippen molar-refractivity contribution in [2.75, 3.05) is 26.2 Å². The van der Waals surface area contributed by atoms with Crippen LogP contribution in [0.5, 0.6) is 0 Å². The first-order valence-corrected chi connectivity index (χ1v) is 8.75. The molecule has 0 saturated carbocycles. The number of hydrogen-bond donors (Lipinski definition) is 0. The minimum absolute atomic E-state index is 0.0238. The molecular weight excluding hydrogens is 345 g/mol. The van der Waals surface area contributed by atoms with Gasteiger partial charge in [0.1, 0.15) is 0 Å². The summed E-state index contributed by atoms with van der Waals surface area (Å²) in [6.07, 6.45) is 2.18. The van der Waals surface area contributed by atoms with Gasteiger partial charge in [-0.2, -0.15) is 13.2 Å². The molecule has 1 aliphatic heterocycles. The lowest BCUT2D eigenvalue weighted by molar-refractivity contribution is -0.137. The number of halogens is 3. The SMILES string of the molecule is O=C(C[C@@H]1C=CCC1)N1CCN(C(=O)c2cccc(C(F)(F)F)c2)CC1. The standard InChI is InChI=1S/C19H21F3N2O2/c20-19(21,22)16-7-3-6-15(13-16)18(26)24-10-8-23(9-11-24)17(25)12-14-4-1-2-5-14/h1,3-4,6-7,13-14H,2,5,8-12H2/t14-/m1/s1. The van der Waals surface area contributed by atoms with E-state index in [2.05, 4.69) is 12.2 Å². The Labute approximate surface area is 150 Å². The van der Waals surface area contributed by atoms with Gasteiger partial charge in [-0.25, -0.2) is 0 Å². The number of carbonyl (C=O) groups excluding carboxylic acids is 2. The number of allylic oxidation sites excluding steroid dienone is 2. The molecule has 1 fully saturated rings. The van der Waals surface area contributed by atoms with Crippen LogP contribution in [0.3, 0.4) is 0 Å². The highest BCUT2D eigenvalue weighted by atomic mass is 19.4. The molecule has 0 spiro atoms. The maximum atomic E-state index is 12.8. The largest absolute Gasteiger partial charge is 0.416 e. The summed E-state index contributed by atoms with van der Waals surface area (Å²) in [7, 11) is 0. The van der Waals surface area contributed by atoms with Crippen molar-refractivity contribution in [3.8, 4) is 0 Å². The van der Waals surface area contributed by atoms with Crippen LogP contribution in [0.25, 0.3) is 0 Å². The van der Waals surface area contributed by atoms with E-state index >= 15 is 0 Å². The van der Waals surface area contributed by atoms with Crippen molar-refractivity contribution < 1.29 is 22.8 Å². The summed E-state index contributed by atoms with van der Waals surface area (Å²) < 4.78 is 38.4. The fraction of sp³-hybridized carbons (Fsp3) is 0.474. The van der Waals surface area contributed by atoms with Gasteiger partial charge < -0.3 is 9.80 Å². The smallest absolute Gasteiger partial charge is 0.339 e. The second-order valence-corrected chi connectivity index (χ2v) is 6.72. The molecular formula is C19H21F3N2O2. The van der Waals surface area contributed by atoms with Gasteiger partial charge in [0.05, 0.1) is 5.56 Å². The van der Waals surface area contributed by atoms with Crippen molar-refractivity contribution in [3.63, 3.8) is 0 Å². The molecule has 140 valence electrons. The van der Waals surface area contributed by atoms with Gasteiger partial charge in [-0.15, -0.1) is 0 Å². The Kier molecular flexibility index (Phi) is 5.34. The van der Waals surface area contributed by atoms with Crippen LogP contribution < -0.4 is 0 Å². The van der Waals surface area contributed by atoms with E-state index < -0.39 is 17.6 Å². The van der Waals surface area contributed by atoms with Gasteiger partial charge in [-0.1, -0.05) is 18.2 Å². The highest BCUT2D eigenvalue weighted by Crippen LogP contribution is 2.30. The number of rotatable bonds is 3. The second-order valence-electron chi connectivity index (χ2n) is 6.72. The fourth-order valence-electron chi connectivity index (χ4n) is 3.39. The third-order valence-corrected chi connectivity index (χ3v) is 4.91. The van der Waals surface area contributed by atoms with E-state index in [1.807, 2.05) is 0 Å². The fourth-order valence-corrected chi connectivity index (χ4v) is 3.39. The molecule has 1 aromatic rings. The summed E-state index contributed by atoms with van der Waals surface area (Å²) >= 11 is 0. The van der Waals surface area contributed by atoms with Gasteiger partial charge in [-0.3, -0.25) is 9.59 Å². The highest BCUT2D eigenvalue weighted by molar-refractivity contribution is 5.94. The highest BCUT2D eigenvalue weighted by Gasteiger charge is 2.32. The minimum Gasteiger partial charge on any atom is -0.339 e. The quantitative estimate of drug-likeness (QED) is 0.770. The van der Waals surface area contributed by atoms with E-state index in [1.165, 1.54) is 17.0 Å². The Morgan fingerprint density at radius 2 is 1.77 bits per heavy atom. The number of hydrogen-bond acceptors (Lipinski definition) is 2. The van der Waals surface area contributed by atoms with Crippen LogP contribution in [-0.2, 0) is 11.0 Å². The molecule has 0 radical (unpaired) electrons. The second kappa shape index (κ2) is 7.51. The molecule has 26 heavy (non-hydrogen) atoms. The lowest BCUT2D eigenvalue weighted by atomic mass is 10.0. The van der Waals surface area contributed by atoms with Crippen molar-refractivity contribution in [1.82, 2.24) is 9.80 Å². The zero-order valence-corrected chi connectivity index (χ0v) is 14.3. The predicted molar refractivity (Wildman–Crippen MR) is 90.4 cm³/mol. The molecule has 2 aliphatic rings. The Morgan fingerprint density at radius 1 is 1.08 bits per heavy atom. The molecule has 7 heteroatoms. The third-order valence-electron chi connectivity index (χ3n) is 4.91. The van der Waals surface area contributed by atoms with Crippen molar-refractivity contribution >= 4 is 11.8 Å². The Balaban J connectivity index is 1.56. The summed E-state index contributed by atoms with van der Waals surface area (Å²) in [5, 5.41) is 0. The van der Waals surface area contributed by atoms with E-state index in [1.54, 1.807) is 4.90 Å². The van der Waals surface area contributed by atoms with E-state index in [0.29, 0.717) is 38.5 Å². The van der Waals surface area contributed by atoms with E-state index in [-0.39, 0.29) is 11.5 Å². The summed E-state index contributed by atoms with van der Waals surface area (Å²) in [6, 6.07) is 4.46. The summed E-state index contributed by atoms with van der Waals surface area (Å²) in [4.78, 5) is 28.0. The van der Waals surface area contributed by atoms with Crippen molar-refractivity contribution in [2.45, 2.75) is 25.4 Å². The topological polar surface area (TPSA) is 40.6 Å². The van der Waals surface area contributed by atoms with E-state index in [9.17, 15) is 22.8 Å². The Bertz CT molecular complexity index is 707. The minimum atomic E-state index is -4.48. The molecule has 3 rings (SSSR count). The molecule has 1 aliphatic carbocycles. The molecule has 1 heterocycles. The maximum Gasteiger partial charge on any atom is 0.416 e. The maximum absolute atomic E-state index is 12.8. The van der Waals surface area contributed by atoms with Crippen LogP contribution in [0.2, 0.25) is 0 Å². The van der Waals surface area contributed by atoms with E-state index in [4.69, 9.17) is 0 Å². The van der Waals surface area contributed by atoms with Gasteiger partial charge in [-0.05, 0) is 37.0 Å². The third kappa shape index (κ3) is 4.26. The van der Waals surface area contributed by atoms with Crippen LogP contribution >= 0.6 is 0 Å². The Morgan fingerprint density at radius 3 is 2.38 bits per heavy atom. The van der Waals surface area contributed by atoms with Crippen molar-refractivity contribution in [3.05, 3.63) is 47.5 Å². The predicted octanol–water partition coefficient (Wildman–Crippen LogP) is 3.35.